The Balaban J connectivity index is -0.000000180. The van der Waals surface area contributed by atoms with Crippen LogP contribution >= 0.6 is 0 Å². The zero-order valence-corrected chi connectivity index (χ0v) is 11.2. The fraction of sp³-hybridized carbons (Fsp3) is 0.400. The number of ketones is 4. The minimum Gasteiger partial charge on any atom is -0.334 e. The van der Waals surface area contributed by atoms with Gasteiger partial charge in [-0.15, -0.1) is 0 Å². The summed E-state index contributed by atoms with van der Waals surface area (Å²) in [6.45, 7) is 5.39. The van der Waals surface area contributed by atoms with Crippen molar-refractivity contribution in [2.24, 2.45) is 0 Å². The van der Waals surface area contributed by atoms with Gasteiger partial charge in [-0.1, -0.05) is 0 Å². The Morgan fingerprint density at radius 3 is 0.733 bits per heavy atom. The molecular weight excluding hydrogens is 280 g/mol. The van der Waals surface area contributed by atoms with Crippen molar-refractivity contribution in [3.8, 4) is 0 Å². The second-order valence-electron chi connectivity index (χ2n) is 2.73. The van der Waals surface area contributed by atoms with E-state index in [1.54, 1.807) is 0 Å². The smallest absolute Gasteiger partial charge is 0.334 e. The van der Waals surface area contributed by atoms with Crippen LogP contribution in [0.25, 0.3) is 0 Å². The number of hydrogen-bond donors (Lipinski definition) is 0. The van der Waals surface area contributed by atoms with Crippen molar-refractivity contribution in [3.05, 3.63) is 12.8 Å². The van der Waals surface area contributed by atoms with Gasteiger partial charge in [0.05, 0.1) is 0 Å². The van der Waals surface area contributed by atoms with Crippen molar-refractivity contribution >= 4 is 23.1 Å². The minimum atomic E-state index is -0.187. The molecule has 0 radical (unpaired) electrons. The molecule has 84 valence electrons. The first-order chi connectivity index (χ1) is 6.25. The monoisotopic (exact) mass is 296 g/mol. The van der Waals surface area contributed by atoms with Crippen molar-refractivity contribution < 1.29 is 40.2 Å². The summed E-state index contributed by atoms with van der Waals surface area (Å²) in [5.41, 5.74) is 0. The Morgan fingerprint density at radius 1 is 0.600 bits per heavy atom. The van der Waals surface area contributed by atoms with E-state index in [0.29, 0.717) is 0 Å². The van der Waals surface area contributed by atoms with Crippen LogP contribution in [-0.2, 0) is 40.2 Å². The average Bonchev–Trinajstić information content (AvgIpc) is 1.79. The minimum absolute atomic E-state index is 0. The van der Waals surface area contributed by atoms with Crippen LogP contribution in [0.1, 0.15) is 27.7 Å². The number of carbonyl (C=O) groups excluding carboxylic acids is 4. The molecule has 0 saturated heterocycles. The van der Waals surface area contributed by atoms with Crippen LogP contribution in [0.15, 0.2) is 0 Å². The van der Waals surface area contributed by atoms with Gasteiger partial charge >= 0.3 is 21.1 Å². The van der Waals surface area contributed by atoms with E-state index < -0.39 is 0 Å². The molecule has 0 aliphatic heterocycles. The van der Waals surface area contributed by atoms with Gasteiger partial charge in [-0.2, -0.15) is 0 Å². The van der Waals surface area contributed by atoms with Gasteiger partial charge in [-0.25, -0.2) is 0 Å². The molecule has 0 aromatic rings. The summed E-state index contributed by atoms with van der Waals surface area (Å²) in [6.07, 6.45) is 2.11. The second kappa shape index (κ2) is 11.2. The molecule has 0 rings (SSSR count). The Kier molecular flexibility index (Phi) is 14.6. The molecule has 15 heavy (non-hydrogen) atoms. The molecule has 0 unspecified atom stereocenters. The fourth-order valence-electron chi connectivity index (χ4n) is 0.572. The van der Waals surface area contributed by atoms with Gasteiger partial charge in [0.25, 0.3) is 0 Å². The van der Waals surface area contributed by atoms with Gasteiger partial charge in [-0.05, 0) is 27.7 Å². The topological polar surface area (TPSA) is 68.3 Å². The number of carbonyl (C=O) groups is 4. The van der Waals surface area contributed by atoms with E-state index >= 15 is 0 Å². The number of rotatable bonds is 4. The largest absolute Gasteiger partial charge is 2.00 e. The maximum absolute atomic E-state index is 9.98. The molecule has 0 bridgehead atoms. The first-order valence-corrected chi connectivity index (χ1v) is 3.97. The van der Waals surface area contributed by atoms with Gasteiger partial charge in [0, 0.05) is 23.1 Å². The maximum atomic E-state index is 9.98. The summed E-state index contributed by atoms with van der Waals surface area (Å²) in [6, 6.07) is 0. The summed E-state index contributed by atoms with van der Waals surface area (Å²) >= 11 is 0. The molecule has 0 N–H and O–H groups in total. The Hall–Kier alpha value is -0.892. The molecule has 0 atom stereocenters. The molecule has 5 heteroatoms. The van der Waals surface area contributed by atoms with E-state index in [0.717, 1.165) is 12.8 Å². The van der Waals surface area contributed by atoms with E-state index in [-0.39, 0.29) is 44.2 Å². The van der Waals surface area contributed by atoms with E-state index in [1.807, 2.05) is 0 Å². The van der Waals surface area contributed by atoms with Crippen molar-refractivity contribution in [1.82, 2.24) is 0 Å². The fourth-order valence-corrected chi connectivity index (χ4v) is 0.572. The Bertz CT molecular complexity index is 196. The third-order valence-corrected chi connectivity index (χ3v) is 0.813. The van der Waals surface area contributed by atoms with Crippen LogP contribution < -0.4 is 0 Å². The third kappa shape index (κ3) is 32.0. The molecule has 0 aliphatic carbocycles. The Morgan fingerprint density at radius 2 is 0.733 bits per heavy atom. The van der Waals surface area contributed by atoms with Gasteiger partial charge in [0.1, 0.15) is 0 Å². The number of Topliss-reactive ketones (excluding diaryl/α,β-unsaturated/α-hetero) is 4. The van der Waals surface area contributed by atoms with Crippen LogP contribution in [0, 0.1) is 12.8 Å². The van der Waals surface area contributed by atoms with Crippen LogP contribution in [0.3, 0.4) is 0 Å². The molecule has 0 aromatic carbocycles. The molecule has 0 aliphatic rings. The maximum Gasteiger partial charge on any atom is 2.00 e. The van der Waals surface area contributed by atoms with Crippen LogP contribution in [-0.4, -0.2) is 23.1 Å². The van der Waals surface area contributed by atoms with Crippen LogP contribution in [0.4, 0.5) is 0 Å². The van der Waals surface area contributed by atoms with E-state index in [4.69, 9.17) is 0 Å². The summed E-state index contributed by atoms with van der Waals surface area (Å²) in [7, 11) is 0. The molecule has 0 spiro atoms. The van der Waals surface area contributed by atoms with Crippen molar-refractivity contribution in [2.45, 2.75) is 27.7 Å². The molecular formula is C10H14MoO4. The predicted molar refractivity (Wildman–Crippen MR) is 51.3 cm³/mol. The quantitative estimate of drug-likeness (QED) is 0.435. The van der Waals surface area contributed by atoms with E-state index in [1.165, 1.54) is 27.7 Å². The molecule has 0 fully saturated rings. The van der Waals surface area contributed by atoms with Gasteiger partial charge in [0.15, 0.2) is 0 Å². The first-order valence-electron chi connectivity index (χ1n) is 3.97. The zero-order chi connectivity index (χ0) is 11.7. The van der Waals surface area contributed by atoms with Crippen molar-refractivity contribution in [1.29, 1.82) is 0 Å². The molecule has 0 heterocycles. The van der Waals surface area contributed by atoms with E-state index in [2.05, 4.69) is 0 Å². The first kappa shape index (κ1) is 19.6. The molecule has 4 nitrogen and oxygen atoms in total. The van der Waals surface area contributed by atoms with Gasteiger partial charge in [-0.3, -0.25) is 12.8 Å². The summed E-state index contributed by atoms with van der Waals surface area (Å²) in [5.74, 6) is -0.750. The SMILES string of the molecule is CC(=O)[CH-]C(C)=O.CC(=O)[CH-]C(C)=O.[Mo+2]. The molecule has 0 saturated carbocycles. The van der Waals surface area contributed by atoms with Gasteiger partial charge in [0.2, 0.25) is 0 Å². The zero-order valence-electron chi connectivity index (χ0n) is 9.20. The Labute approximate surface area is 104 Å². The van der Waals surface area contributed by atoms with Gasteiger partial charge < -0.3 is 19.2 Å². The predicted octanol–water partition coefficient (Wildman–Crippen LogP) is 0.735. The average molecular weight is 294 g/mol. The van der Waals surface area contributed by atoms with Crippen molar-refractivity contribution in [3.63, 3.8) is 0 Å². The summed E-state index contributed by atoms with van der Waals surface area (Å²) < 4.78 is 0. The van der Waals surface area contributed by atoms with E-state index in [9.17, 15) is 19.2 Å². The number of hydrogen-bond acceptors (Lipinski definition) is 4. The normalized spacial score (nSPS) is 7.20. The summed E-state index contributed by atoms with van der Waals surface area (Å²) in [4.78, 5) is 39.9. The van der Waals surface area contributed by atoms with Crippen LogP contribution in [0.2, 0.25) is 0 Å². The molecule has 0 aromatic heterocycles. The van der Waals surface area contributed by atoms with Crippen LogP contribution in [0.5, 0.6) is 0 Å². The standard InChI is InChI=1S/2C5H7O2.Mo/c2*1-4(6)3-5(2)7;/h2*3H,1-2H3;/q2*-1;+2. The second-order valence-corrected chi connectivity index (χ2v) is 2.73. The summed E-state index contributed by atoms with van der Waals surface area (Å²) in [5, 5.41) is 0. The third-order valence-electron chi connectivity index (χ3n) is 0.813. The van der Waals surface area contributed by atoms with Crippen molar-refractivity contribution in [2.75, 3.05) is 0 Å². The molecule has 0 amide bonds.